The van der Waals surface area contributed by atoms with Crippen molar-refractivity contribution in [2.24, 2.45) is 0 Å². The zero-order valence-corrected chi connectivity index (χ0v) is 12.1. The minimum atomic E-state index is -0.413. The molecule has 1 atom stereocenters. The first kappa shape index (κ1) is 13.5. The van der Waals surface area contributed by atoms with E-state index in [0.717, 1.165) is 5.56 Å². The van der Waals surface area contributed by atoms with Crippen LogP contribution in [0.15, 0.2) is 52.9 Å². The Kier molecular flexibility index (Phi) is 3.53. The van der Waals surface area contributed by atoms with E-state index in [1.165, 1.54) is 21.9 Å². The van der Waals surface area contributed by atoms with E-state index >= 15 is 0 Å². The van der Waals surface area contributed by atoms with Crippen LogP contribution in [0.4, 0.5) is 0 Å². The van der Waals surface area contributed by atoms with Gasteiger partial charge in [-0.15, -0.1) is 11.3 Å². The van der Waals surface area contributed by atoms with Crippen LogP contribution in [-0.4, -0.2) is 15.3 Å². The lowest BCUT2D eigenvalue weighted by molar-refractivity contribution is 0.0938. The molecule has 0 bridgehead atoms. The van der Waals surface area contributed by atoms with Crippen molar-refractivity contribution < 1.29 is 4.79 Å². The van der Waals surface area contributed by atoms with E-state index in [-0.39, 0.29) is 17.2 Å². The first-order chi connectivity index (χ1) is 10.2. The molecule has 1 aromatic carbocycles. The second-order valence-electron chi connectivity index (χ2n) is 4.64. The van der Waals surface area contributed by atoms with Gasteiger partial charge >= 0.3 is 0 Å². The van der Waals surface area contributed by atoms with Gasteiger partial charge in [-0.05, 0) is 12.5 Å². The van der Waals surface area contributed by atoms with Crippen LogP contribution in [0.2, 0.25) is 0 Å². The van der Waals surface area contributed by atoms with Gasteiger partial charge in [0.2, 0.25) is 0 Å². The Morgan fingerprint density at radius 1 is 1.33 bits per heavy atom. The van der Waals surface area contributed by atoms with E-state index in [9.17, 15) is 9.59 Å². The molecule has 0 spiro atoms. The highest BCUT2D eigenvalue weighted by atomic mass is 32.1. The number of aromatic nitrogens is 2. The molecule has 0 radical (unpaired) electrons. The topological polar surface area (TPSA) is 63.5 Å². The van der Waals surface area contributed by atoms with Crippen molar-refractivity contribution in [3.05, 3.63) is 69.6 Å². The molecular formula is C15H13N3O2S. The molecule has 0 fully saturated rings. The molecule has 0 aliphatic rings. The number of thiazole rings is 1. The second kappa shape index (κ2) is 5.49. The molecule has 5 nitrogen and oxygen atoms in total. The van der Waals surface area contributed by atoms with Gasteiger partial charge in [-0.2, -0.15) is 0 Å². The number of nitrogens with zero attached hydrogens (tertiary/aromatic N) is 2. The summed E-state index contributed by atoms with van der Waals surface area (Å²) in [5, 5.41) is 4.58. The van der Waals surface area contributed by atoms with Gasteiger partial charge in [-0.25, -0.2) is 4.98 Å². The van der Waals surface area contributed by atoms with Crippen LogP contribution < -0.4 is 10.9 Å². The molecule has 3 aromatic rings. The Morgan fingerprint density at radius 3 is 2.86 bits per heavy atom. The lowest BCUT2D eigenvalue weighted by Gasteiger charge is -2.13. The van der Waals surface area contributed by atoms with E-state index in [1.807, 2.05) is 37.3 Å². The van der Waals surface area contributed by atoms with Crippen LogP contribution in [0.3, 0.4) is 0 Å². The van der Waals surface area contributed by atoms with Crippen LogP contribution in [0.25, 0.3) is 4.96 Å². The number of fused-ring (bicyclic) bond motifs is 1. The van der Waals surface area contributed by atoms with Crippen molar-refractivity contribution >= 4 is 22.2 Å². The Balaban J connectivity index is 1.87. The largest absolute Gasteiger partial charge is 0.345 e. The third kappa shape index (κ3) is 2.57. The minimum Gasteiger partial charge on any atom is -0.345 e. The minimum absolute atomic E-state index is 0.0497. The maximum atomic E-state index is 12.3. The van der Waals surface area contributed by atoms with Crippen molar-refractivity contribution in [1.82, 2.24) is 14.7 Å². The molecule has 2 aromatic heterocycles. The number of amides is 1. The van der Waals surface area contributed by atoms with E-state index < -0.39 is 5.91 Å². The summed E-state index contributed by atoms with van der Waals surface area (Å²) in [4.78, 5) is 29.2. The van der Waals surface area contributed by atoms with Crippen molar-refractivity contribution in [2.45, 2.75) is 13.0 Å². The Morgan fingerprint density at radius 2 is 2.10 bits per heavy atom. The van der Waals surface area contributed by atoms with Gasteiger partial charge in [-0.1, -0.05) is 30.3 Å². The molecule has 3 rings (SSSR count). The van der Waals surface area contributed by atoms with Crippen molar-refractivity contribution in [3.63, 3.8) is 0 Å². The first-order valence-electron chi connectivity index (χ1n) is 6.47. The number of hydrogen-bond acceptors (Lipinski definition) is 4. The summed E-state index contributed by atoms with van der Waals surface area (Å²) >= 11 is 1.35. The van der Waals surface area contributed by atoms with Crippen molar-refractivity contribution in [2.75, 3.05) is 0 Å². The maximum absolute atomic E-state index is 12.3. The maximum Gasteiger partial charge on any atom is 0.271 e. The van der Waals surface area contributed by atoms with E-state index in [1.54, 1.807) is 11.6 Å². The molecule has 0 saturated carbocycles. The molecular weight excluding hydrogens is 286 g/mol. The van der Waals surface area contributed by atoms with Gasteiger partial charge in [0.05, 0.1) is 6.04 Å². The van der Waals surface area contributed by atoms with Crippen LogP contribution in [-0.2, 0) is 0 Å². The van der Waals surface area contributed by atoms with Crippen LogP contribution >= 0.6 is 11.3 Å². The molecule has 6 heteroatoms. The average Bonchev–Trinajstić information content (AvgIpc) is 2.98. The lowest BCUT2D eigenvalue weighted by atomic mass is 10.1. The Labute approximate surface area is 124 Å². The van der Waals surface area contributed by atoms with Crippen LogP contribution in [0, 0.1) is 0 Å². The summed E-state index contributed by atoms with van der Waals surface area (Å²) in [6.45, 7) is 1.88. The number of rotatable bonds is 3. The fourth-order valence-electron chi connectivity index (χ4n) is 2.08. The molecule has 0 saturated heterocycles. The third-order valence-corrected chi connectivity index (χ3v) is 4.01. The molecule has 1 N–H and O–H groups in total. The predicted molar refractivity (Wildman–Crippen MR) is 81.7 cm³/mol. The Bertz CT molecular complexity index is 839. The molecule has 21 heavy (non-hydrogen) atoms. The van der Waals surface area contributed by atoms with Gasteiger partial charge < -0.3 is 5.32 Å². The zero-order valence-electron chi connectivity index (χ0n) is 11.3. The first-order valence-corrected chi connectivity index (χ1v) is 7.35. The summed E-state index contributed by atoms with van der Waals surface area (Å²) < 4.78 is 1.38. The van der Waals surface area contributed by atoms with E-state index in [0.29, 0.717) is 4.96 Å². The SMILES string of the molecule is C[C@H](NC(=O)c1cnc2sccn2c1=O)c1ccccc1. The van der Waals surface area contributed by atoms with E-state index in [2.05, 4.69) is 10.3 Å². The smallest absolute Gasteiger partial charge is 0.271 e. The summed E-state index contributed by atoms with van der Waals surface area (Å²) in [6.07, 6.45) is 2.95. The second-order valence-corrected chi connectivity index (χ2v) is 5.51. The van der Waals surface area contributed by atoms with Crippen molar-refractivity contribution in [3.8, 4) is 0 Å². The standard InChI is InChI=1S/C15H13N3O2S/c1-10(11-5-3-2-4-6-11)17-13(19)12-9-16-15-18(14(12)20)7-8-21-15/h2-10H,1H3,(H,17,19)/t10-/m0/s1. The summed E-state index contributed by atoms with van der Waals surface area (Å²) in [5.74, 6) is -0.413. The fraction of sp³-hybridized carbons (Fsp3) is 0.133. The van der Waals surface area contributed by atoms with Gasteiger partial charge in [0.25, 0.3) is 11.5 Å². The van der Waals surface area contributed by atoms with Gasteiger partial charge in [0.1, 0.15) is 5.56 Å². The molecule has 2 heterocycles. The lowest BCUT2D eigenvalue weighted by Crippen LogP contribution is -2.32. The normalized spacial score (nSPS) is 12.2. The third-order valence-electron chi connectivity index (χ3n) is 3.23. The predicted octanol–water partition coefficient (Wildman–Crippen LogP) is 2.25. The highest BCUT2D eigenvalue weighted by Crippen LogP contribution is 2.12. The van der Waals surface area contributed by atoms with E-state index in [4.69, 9.17) is 0 Å². The molecule has 0 unspecified atom stereocenters. The number of nitrogens with one attached hydrogen (secondary N) is 1. The molecule has 106 valence electrons. The quantitative estimate of drug-likeness (QED) is 0.807. The summed E-state index contributed by atoms with van der Waals surface area (Å²) in [5.41, 5.74) is 0.684. The molecule has 0 aliphatic carbocycles. The summed E-state index contributed by atoms with van der Waals surface area (Å²) in [7, 11) is 0. The zero-order chi connectivity index (χ0) is 14.8. The fourth-order valence-corrected chi connectivity index (χ4v) is 2.76. The van der Waals surface area contributed by atoms with Gasteiger partial charge in [0.15, 0.2) is 4.96 Å². The average molecular weight is 299 g/mol. The molecule has 1 amide bonds. The number of carbonyl (C=O) groups is 1. The number of hydrogen-bond donors (Lipinski definition) is 1. The monoisotopic (exact) mass is 299 g/mol. The number of carbonyl (C=O) groups excluding carboxylic acids is 1. The van der Waals surface area contributed by atoms with Crippen LogP contribution in [0.5, 0.6) is 0 Å². The highest BCUT2D eigenvalue weighted by molar-refractivity contribution is 7.15. The van der Waals surface area contributed by atoms with Crippen molar-refractivity contribution in [1.29, 1.82) is 0 Å². The highest BCUT2D eigenvalue weighted by Gasteiger charge is 2.16. The number of benzene rings is 1. The Hall–Kier alpha value is -2.47. The van der Waals surface area contributed by atoms with Gasteiger partial charge in [-0.3, -0.25) is 14.0 Å². The van der Waals surface area contributed by atoms with Gasteiger partial charge in [0, 0.05) is 17.8 Å². The summed E-state index contributed by atoms with van der Waals surface area (Å²) in [6, 6.07) is 9.41. The molecule has 0 aliphatic heterocycles. The van der Waals surface area contributed by atoms with Crippen LogP contribution in [0.1, 0.15) is 28.9 Å².